The minimum atomic E-state index is 0.168. The second-order valence-corrected chi connectivity index (χ2v) is 7.66. The first-order valence-electron chi connectivity index (χ1n) is 9.57. The molecule has 3 aliphatic carbocycles. The van der Waals surface area contributed by atoms with Crippen LogP contribution in [0.25, 0.3) is 0 Å². The normalized spacial score (nSPS) is 27.5. The third-order valence-corrected chi connectivity index (χ3v) is 5.85. The van der Waals surface area contributed by atoms with Crippen LogP contribution in [-0.2, 0) is 9.59 Å². The second kappa shape index (κ2) is 8.50. The molecule has 0 bridgehead atoms. The molecular formula is C20H30N2O2. The van der Waals surface area contributed by atoms with Crippen molar-refractivity contribution >= 4 is 11.8 Å². The second-order valence-electron chi connectivity index (χ2n) is 7.66. The molecule has 4 nitrogen and oxygen atoms in total. The van der Waals surface area contributed by atoms with Gasteiger partial charge in [0, 0.05) is 24.9 Å². The molecule has 0 saturated heterocycles. The Morgan fingerprint density at radius 3 is 1.33 bits per heavy atom. The Bertz CT molecular complexity index is 442. The molecule has 0 radical (unpaired) electrons. The summed E-state index contributed by atoms with van der Waals surface area (Å²) in [4.78, 5) is 24.1. The third-order valence-electron chi connectivity index (χ3n) is 5.85. The average molecular weight is 330 g/mol. The fourth-order valence-corrected chi connectivity index (χ4v) is 4.08. The van der Waals surface area contributed by atoms with Gasteiger partial charge in [0.15, 0.2) is 0 Å². The summed E-state index contributed by atoms with van der Waals surface area (Å²) in [5.74, 6) is 1.99. The molecule has 0 heterocycles. The van der Waals surface area contributed by atoms with E-state index in [0.717, 1.165) is 64.5 Å². The zero-order chi connectivity index (χ0) is 16.8. The number of amides is 2. The number of allylic oxidation sites excluding steroid dienone is 4. The number of carbonyl (C=O) groups is 2. The first-order valence-corrected chi connectivity index (χ1v) is 9.57. The number of carbonyl (C=O) groups excluding carboxylic acids is 2. The van der Waals surface area contributed by atoms with Crippen LogP contribution < -0.4 is 10.6 Å². The lowest BCUT2D eigenvalue weighted by molar-refractivity contribution is -0.125. The SMILES string of the molecule is O=C(NCC1CCC(CNC(=O)C2CC=CC2)CC1)C1CC=CC1. The number of hydrogen-bond donors (Lipinski definition) is 2. The highest BCUT2D eigenvalue weighted by atomic mass is 16.2. The molecule has 1 fully saturated rings. The molecule has 0 aromatic carbocycles. The Hall–Kier alpha value is -1.58. The summed E-state index contributed by atoms with van der Waals surface area (Å²) in [6.45, 7) is 1.64. The first kappa shape index (κ1) is 17.2. The fourth-order valence-electron chi connectivity index (χ4n) is 4.08. The van der Waals surface area contributed by atoms with Crippen molar-refractivity contribution in [3.8, 4) is 0 Å². The molecule has 0 unspecified atom stereocenters. The van der Waals surface area contributed by atoms with Crippen LogP contribution in [-0.4, -0.2) is 24.9 Å². The molecular weight excluding hydrogens is 300 g/mol. The molecule has 1 saturated carbocycles. The topological polar surface area (TPSA) is 58.2 Å². The predicted molar refractivity (Wildman–Crippen MR) is 95.2 cm³/mol. The van der Waals surface area contributed by atoms with Crippen LogP contribution in [0.3, 0.4) is 0 Å². The van der Waals surface area contributed by atoms with Gasteiger partial charge in [-0.1, -0.05) is 24.3 Å². The Morgan fingerprint density at radius 2 is 1.00 bits per heavy atom. The monoisotopic (exact) mass is 330 g/mol. The van der Waals surface area contributed by atoms with Gasteiger partial charge < -0.3 is 10.6 Å². The molecule has 2 N–H and O–H groups in total. The molecule has 0 spiro atoms. The van der Waals surface area contributed by atoms with Crippen molar-refractivity contribution in [1.29, 1.82) is 0 Å². The van der Waals surface area contributed by atoms with Crippen molar-refractivity contribution in [2.45, 2.75) is 51.4 Å². The Labute approximate surface area is 145 Å². The van der Waals surface area contributed by atoms with Gasteiger partial charge in [-0.15, -0.1) is 0 Å². The Morgan fingerprint density at radius 1 is 0.667 bits per heavy atom. The maximum absolute atomic E-state index is 12.1. The standard InChI is InChI=1S/C20H30N2O2/c23-19(17-5-1-2-6-17)21-13-15-9-11-16(12-10-15)14-22-20(24)18-7-3-4-8-18/h1-4,15-18H,5-14H2,(H,21,23)(H,22,24). The largest absolute Gasteiger partial charge is 0.356 e. The van der Waals surface area contributed by atoms with Gasteiger partial charge in [0.1, 0.15) is 0 Å². The van der Waals surface area contributed by atoms with E-state index in [0.29, 0.717) is 11.8 Å². The Balaban J connectivity index is 1.28. The molecule has 0 aliphatic heterocycles. The van der Waals surface area contributed by atoms with E-state index in [-0.39, 0.29) is 23.7 Å². The lowest BCUT2D eigenvalue weighted by atomic mass is 9.82. The minimum absolute atomic E-state index is 0.168. The van der Waals surface area contributed by atoms with E-state index in [1.165, 1.54) is 0 Å². The molecule has 132 valence electrons. The van der Waals surface area contributed by atoms with Crippen molar-refractivity contribution in [3.05, 3.63) is 24.3 Å². The summed E-state index contributed by atoms with van der Waals surface area (Å²) in [5.41, 5.74) is 0. The van der Waals surface area contributed by atoms with Gasteiger partial charge in [-0.05, 0) is 63.2 Å². The zero-order valence-electron chi connectivity index (χ0n) is 14.5. The third kappa shape index (κ3) is 4.71. The van der Waals surface area contributed by atoms with Crippen LogP contribution in [0.5, 0.6) is 0 Å². The smallest absolute Gasteiger partial charge is 0.223 e. The number of nitrogens with one attached hydrogen (secondary N) is 2. The average Bonchev–Trinajstić information content (AvgIpc) is 3.32. The Kier molecular flexibility index (Phi) is 6.11. The van der Waals surface area contributed by atoms with Crippen LogP contribution >= 0.6 is 0 Å². The van der Waals surface area contributed by atoms with Crippen molar-refractivity contribution in [2.75, 3.05) is 13.1 Å². The minimum Gasteiger partial charge on any atom is -0.356 e. The maximum Gasteiger partial charge on any atom is 0.223 e. The lowest BCUT2D eigenvalue weighted by Gasteiger charge is -2.29. The van der Waals surface area contributed by atoms with E-state index >= 15 is 0 Å². The first-order chi connectivity index (χ1) is 11.7. The van der Waals surface area contributed by atoms with Crippen molar-refractivity contribution < 1.29 is 9.59 Å². The molecule has 0 atom stereocenters. The molecule has 24 heavy (non-hydrogen) atoms. The van der Waals surface area contributed by atoms with Gasteiger partial charge in [0.05, 0.1) is 0 Å². The van der Waals surface area contributed by atoms with Gasteiger partial charge in [-0.3, -0.25) is 9.59 Å². The van der Waals surface area contributed by atoms with Crippen molar-refractivity contribution in [2.24, 2.45) is 23.7 Å². The van der Waals surface area contributed by atoms with Gasteiger partial charge in [0.2, 0.25) is 11.8 Å². The number of rotatable bonds is 6. The number of hydrogen-bond acceptors (Lipinski definition) is 2. The van der Waals surface area contributed by atoms with Crippen LogP contribution in [0.15, 0.2) is 24.3 Å². The summed E-state index contributed by atoms with van der Waals surface area (Å²) in [5, 5.41) is 6.28. The highest BCUT2D eigenvalue weighted by Gasteiger charge is 2.25. The van der Waals surface area contributed by atoms with Gasteiger partial charge in [-0.25, -0.2) is 0 Å². The maximum atomic E-state index is 12.1. The van der Waals surface area contributed by atoms with E-state index in [2.05, 4.69) is 34.9 Å². The molecule has 0 aromatic heterocycles. The van der Waals surface area contributed by atoms with Gasteiger partial charge in [-0.2, -0.15) is 0 Å². The van der Waals surface area contributed by atoms with Crippen molar-refractivity contribution in [3.63, 3.8) is 0 Å². The molecule has 3 aliphatic rings. The fraction of sp³-hybridized carbons (Fsp3) is 0.700. The van der Waals surface area contributed by atoms with Crippen LogP contribution in [0.2, 0.25) is 0 Å². The van der Waals surface area contributed by atoms with E-state index in [1.807, 2.05) is 0 Å². The highest BCUT2D eigenvalue weighted by molar-refractivity contribution is 5.79. The molecule has 3 rings (SSSR count). The molecule has 2 amide bonds. The molecule has 4 heteroatoms. The van der Waals surface area contributed by atoms with E-state index in [9.17, 15) is 9.59 Å². The summed E-state index contributed by atoms with van der Waals surface area (Å²) in [7, 11) is 0. The van der Waals surface area contributed by atoms with Crippen LogP contribution in [0, 0.1) is 23.7 Å². The van der Waals surface area contributed by atoms with Gasteiger partial charge >= 0.3 is 0 Å². The quantitative estimate of drug-likeness (QED) is 0.736. The predicted octanol–water partition coefficient (Wildman–Crippen LogP) is 2.96. The van der Waals surface area contributed by atoms with E-state index in [1.54, 1.807) is 0 Å². The van der Waals surface area contributed by atoms with E-state index < -0.39 is 0 Å². The highest BCUT2D eigenvalue weighted by Crippen LogP contribution is 2.28. The summed E-state index contributed by atoms with van der Waals surface area (Å²) in [6.07, 6.45) is 16.6. The lowest BCUT2D eigenvalue weighted by Crippen LogP contribution is -2.37. The summed E-state index contributed by atoms with van der Waals surface area (Å²) < 4.78 is 0. The van der Waals surface area contributed by atoms with Gasteiger partial charge in [0.25, 0.3) is 0 Å². The van der Waals surface area contributed by atoms with Crippen LogP contribution in [0.4, 0.5) is 0 Å². The van der Waals surface area contributed by atoms with Crippen molar-refractivity contribution in [1.82, 2.24) is 10.6 Å². The summed E-state index contributed by atoms with van der Waals surface area (Å²) >= 11 is 0. The van der Waals surface area contributed by atoms with Crippen LogP contribution in [0.1, 0.15) is 51.4 Å². The molecule has 0 aromatic rings. The van der Waals surface area contributed by atoms with E-state index in [4.69, 9.17) is 0 Å². The zero-order valence-corrected chi connectivity index (χ0v) is 14.5. The summed E-state index contributed by atoms with van der Waals surface area (Å²) in [6, 6.07) is 0.